The fourth-order valence-electron chi connectivity index (χ4n) is 6.25. The van der Waals surface area contributed by atoms with E-state index >= 15 is 0 Å². The van der Waals surface area contributed by atoms with Gasteiger partial charge in [-0.25, -0.2) is 0 Å². The van der Waals surface area contributed by atoms with Crippen LogP contribution in [0.1, 0.15) is 71.6 Å². The molecular formula is C20H32O4. The smallest absolute Gasteiger partial charge is 0.313 e. The van der Waals surface area contributed by atoms with Gasteiger partial charge in [-0.3, -0.25) is 4.79 Å². The van der Waals surface area contributed by atoms with Crippen LogP contribution in [0.2, 0.25) is 0 Å². The number of rotatable bonds is 6. The Bertz CT molecular complexity index is 439. The van der Waals surface area contributed by atoms with Gasteiger partial charge in [-0.2, -0.15) is 0 Å². The fourth-order valence-corrected chi connectivity index (χ4v) is 6.25. The van der Waals surface area contributed by atoms with Crippen molar-refractivity contribution in [1.82, 2.24) is 0 Å². The largest absolute Gasteiger partial charge is 0.438 e. The van der Waals surface area contributed by atoms with Crippen LogP contribution in [-0.2, 0) is 19.0 Å². The fraction of sp³-hybridized carbons (Fsp3) is 0.950. The van der Waals surface area contributed by atoms with Gasteiger partial charge >= 0.3 is 5.97 Å². The summed E-state index contributed by atoms with van der Waals surface area (Å²) in [5, 5.41) is 0. The number of carbonyl (C=O) groups is 1. The van der Waals surface area contributed by atoms with E-state index < -0.39 is 0 Å². The van der Waals surface area contributed by atoms with Gasteiger partial charge < -0.3 is 14.2 Å². The maximum atomic E-state index is 12.5. The van der Waals surface area contributed by atoms with Crippen molar-refractivity contribution >= 4 is 5.97 Å². The first-order valence-electron chi connectivity index (χ1n) is 10.1. The van der Waals surface area contributed by atoms with Crippen LogP contribution in [-0.4, -0.2) is 30.6 Å². The highest BCUT2D eigenvalue weighted by Crippen LogP contribution is 2.57. The molecule has 0 spiro atoms. The lowest BCUT2D eigenvalue weighted by molar-refractivity contribution is -0.213. The van der Waals surface area contributed by atoms with Gasteiger partial charge in [0, 0.05) is 0 Å². The molecule has 1 saturated heterocycles. The highest BCUT2D eigenvalue weighted by Gasteiger charge is 2.52. The van der Waals surface area contributed by atoms with Gasteiger partial charge in [0.25, 0.3) is 0 Å². The number of ether oxygens (including phenoxy) is 3. The first-order valence-corrected chi connectivity index (χ1v) is 10.1. The molecule has 4 aliphatic carbocycles. The van der Waals surface area contributed by atoms with E-state index in [1.165, 1.54) is 38.5 Å². The summed E-state index contributed by atoms with van der Waals surface area (Å²) in [7, 11) is 0. The molecule has 4 saturated carbocycles. The number of hydrogen-bond donors (Lipinski definition) is 0. The molecular weight excluding hydrogens is 304 g/mol. The van der Waals surface area contributed by atoms with Crippen LogP contribution in [0.3, 0.4) is 0 Å². The molecule has 4 heteroatoms. The van der Waals surface area contributed by atoms with Crippen LogP contribution in [0.5, 0.6) is 0 Å². The molecule has 0 N–H and O–H groups in total. The minimum atomic E-state index is -0.123. The Morgan fingerprint density at radius 2 is 1.62 bits per heavy atom. The van der Waals surface area contributed by atoms with Crippen molar-refractivity contribution in [1.29, 1.82) is 0 Å². The second kappa shape index (κ2) is 6.60. The van der Waals surface area contributed by atoms with E-state index in [1.54, 1.807) is 0 Å². The average Bonchev–Trinajstić information content (AvgIpc) is 2.97. The number of hydrogen-bond acceptors (Lipinski definition) is 4. The van der Waals surface area contributed by atoms with Crippen molar-refractivity contribution in [2.75, 3.05) is 6.79 Å². The third-order valence-electron chi connectivity index (χ3n) is 7.04. The summed E-state index contributed by atoms with van der Waals surface area (Å²) < 4.78 is 17.7. The maximum Gasteiger partial charge on any atom is 0.313 e. The lowest BCUT2D eigenvalue weighted by atomic mass is 9.54. The molecule has 3 atom stereocenters. The van der Waals surface area contributed by atoms with Crippen LogP contribution in [0.4, 0.5) is 0 Å². The van der Waals surface area contributed by atoms with Gasteiger partial charge in [0.05, 0.1) is 23.7 Å². The van der Waals surface area contributed by atoms with E-state index in [-0.39, 0.29) is 36.5 Å². The molecule has 5 aliphatic rings. The van der Waals surface area contributed by atoms with E-state index in [2.05, 4.69) is 13.8 Å². The molecule has 3 unspecified atom stereocenters. The maximum absolute atomic E-state index is 12.5. The predicted octanol–water partition coefficient (Wildman–Crippen LogP) is 4.07. The normalized spacial score (nSPS) is 46.4. The Labute approximate surface area is 145 Å². The molecule has 24 heavy (non-hydrogen) atoms. The molecule has 1 aliphatic heterocycles. The summed E-state index contributed by atoms with van der Waals surface area (Å²) >= 11 is 0. The van der Waals surface area contributed by atoms with E-state index in [9.17, 15) is 4.79 Å². The quantitative estimate of drug-likeness (QED) is 0.542. The van der Waals surface area contributed by atoms with Gasteiger partial charge in [-0.05, 0) is 75.5 Å². The zero-order valence-corrected chi connectivity index (χ0v) is 15.2. The summed E-state index contributed by atoms with van der Waals surface area (Å²) in [5.74, 6) is 2.32. The predicted molar refractivity (Wildman–Crippen MR) is 90.3 cm³/mol. The first-order chi connectivity index (χ1) is 11.6. The summed E-state index contributed by atoms with van der Waals surface area (Å²) in [6, 6.07) is 0. The van der Waals surface area contributed by atoms with Crippen molar-refractivity contribution in [2.24, 2.45) is 23.7 Å². The van der Waals surface area contributed by atoms with E-state index in [0.29, 0.717) is 0 Å². The van der Waals surface area contributed by atoms with E-state index in [4.69, 9.17) is 14.2 Å². The van der Waals surface area contributed by atoms with Crippen molar-refractivity contribution in [3.63, 3.8) is 0 Å². The van der Waals surface area contributed by atoms with Gasteiger partial charge in [-0.1, -0.05) is 13.8 Å². The van der Waals surface area contributed by atoms with Crippen molar-refractivity contribution in [3.05, 3.63) is 0 Å². The molecule has 0 aromatic heterocycles. The highest BCUT2D eigenvalue weighted by molar-refractivity contribution is 5.73. The Hall–Kier alpha value is -0.610. The zero-order chi connectivity index (χ0) is 16.7. The molecule has 0 amide bonds. The molecule has 0 radical (unpaired) electrons. The number of carbonyl (C=O) groups excluding carboxylic acids is 1. The summed E-state index contributed by atoms with van der Waals surface area (Å²) in [6.45, 7) is 4.32. The zero-order valence-electron chi connectivity index (χ0n) is 15.2. The summed E-state index contributed by atoms with van der Waals surface area (Å²) in [6.07, 6.45) is 10.6. The second-order valence-corrected chi connectivity index (χ2v) is 8.78. The van der Waals surface area contributed by atoms with Gasteiger partial charge in [0.15, 0.2) is 6.79 Å². The Kier molecular flexibility index (Phi) is 4.63. The lowest BCUT2D eigenvalue weighted by Gasteiger charge is -2.56. The van der Waals surface area contributed by atoms with Gasteiger partial charge in [-0.15, -0.1) is 0 Å². The second-order valence-electron chi connectivity index (χ2n) is 8.78. The first kappa shape index (κ1) is 16.8. The molecule has 0 aromatic carbocycles. The van der Waals surface area contributed by atoms with Crippen molar-refractivity contribution in [3.8, 4) is 0 Å². The molecule has 5 fully saturated rings. The van der Waals surface area contributed by atoms with Crippen LogP contribution >= 0.6 is 0 Å². The Morgan fingerprint density at radius 1 is 1.00 bits per heavy atom. The summed E-state index contributed by atoms with van der Waals surface area (Å²) in [5.41, 5.74) is 0.0112. The van der Waals surface area contributed by atoms with E-state index in [0.717, 1.165) is 37.0 Å². The van der Waals surface area contributed by atoms with Crippen LogP contribution in [0.15, 0.2) is 0 Å². The molecule has 5 rings (SSSR count). The Balaban J connectivity index is 1.29. The third-order valence-corrected chi connectivity index (χ3v) is 7.04. The standard InChI is InChI=1S/C20H32O4/c1-3-16-8-17(18(4-2)24-16)19(21)22-12-23-20-9-13-5-14(10-20)7-15(6-13)11-20/h13-18H,3-12H2,1-2H3. The monoisotopic (exact) mass is 336 g/mol. The Morgan fingerprint density at radius 3 is 2.17 bits per heavy atom. The summed E-state index contributed by atoms with van der Waals surface area (Å²) in [4.78, 5) is 12.5. The van der Waals surface area contributed by atoms with Gasteiger partial charge in [0.2, 0.25) is 0 Å². The number of esters is 1. The molecule has 0 aromatic rings. The van der Waals surface area contributed by atoms with Gasteiger partial charge in [0.1, 0.15) is 0 Å². The molecule has 1 heterocycles. The van der Waals surface area contributed by atoms with Crippen LogP contribution in [0.25, 0.3) is 0 Å². The topological polar surface area (TPSA) is 44.8 Å². The third kappa shape index (κ3) is 3.12. The molecule has 4 bridgehead atoms. The minimum absolute atomic E-state index is 0.0112. The van der Waals surface area contributed by atoms with Crippen LogP contribution in [0, 0.1) is 23.7 Å². The average molecular weight is 336 g/mol. The minimum Gasteiger partial charge on any atom is -0.438 e. The molecule has 136 valence electrons. The highest BCUT2D eigenvalue weighted by atomic mass is 16.7. The molecule has 4 nitrogen and oxygen atoms in total. The SMILES string of the molecule is CCC1CC(C(=O)OCOC23CC4CC(CC(C4)C2)C3)C(CC)O1. The lowest BCUT2D eigenvalue weighted by Crippen LogP contribution is -2.52. The van der Waals surface area contributed by atoms with Crippen LogP contribution < -0.4 is 0 Å². The van der Waals surface area contributed by atoms with Crippen molar-refractivity contribution in [2.45, 2.75) is 89.4 Å². The van der Waals surface area contributed by atoms with Crippen molar-refractivity contribution < 1.29 is 19.0 Å². The van der Waals surface area contributed by atoms with E-state index in [1.807, 2.05) is 0 Å².